The first-order chi connectivity index (χ1) is 14.9. The van der Waals surface area contributed by atoms with Gasteiger partial charge in [0.25, 0.3) is 0 Å². The van der Waals surface area contributed by atoms with Gasteiger partial charge in [0.2, 0.25) is 0 Å². The molecule has 0 aliphatic carbocycles. The van der Waals surface area contributed by atoms with Crippen LogP contribution in [0, 0.1) is 0 Å². The normalized spacial score (nSPS) is 19.3. The Hall–Kier alpha value is -2.05. The molecule has 2 aromatic carbocycles. The number of benzene rings is 2. The Morgan fingerprint density at radius 2 is 1.55 bits per heavy atom. The zero-order valence-electron chi connectivity index (χ0n) is 19.1. The Balaban J connectivity index is 2.25. The number of rotatable bonds is 9. The van der Waals surface area contributed by atoms with Gasteiger partial charge in [0.05, 0.1) is 30.9 Å². The van der Waals surface area contributed by atoms with Gasteiger partial charge in [-0.1, -0.05) is 69.9 Å². The number of sulfone groups is 1. The first kappa shape index (κ1) is 23.6. The minimum atomic E-state index is -3.54. The van der Waals surface area contributed by atoms with Crippen molar-refractivity contribution >= 4 is 9.84 Å². The summed E-state index contributed by atoms with van der Waals surface area (Å²) < 4.78 is 38.5. The van der Waals surface area contributed by atoms with Crippen LogP contribution in [0.4, 0.5) is 0 Å². The smallest absolute Gasteiger partial charge is 0.180 e. The van der Waals surface area contributed by atoms with Gasteiger partial charge in [0, 0.05) is 11.6 Å². The van der Waals surface area contributed by atoms with Crippen LogP contribution in [-0.2, 0) is 9.84 Å². The van der Waals surface area contributed by atoms with E-state index in [2.05, 4.69) is 31.3 Å². The van der Waals surface area contributed by atoms with E-state index in [1.807, 2.05) is 24.3 Å². The highest BCUT2D eigenvalue weighted by Crippen LogP contribution is 2.43. The van der Waals surface area contributed by atoms with E-state index in [4.69, 9.17) is 9.47 Å². The van der Waals surface area contributed by atoms with Crippen molar-refractivity contribution in [1.29, 1.82) is 0 Å². The van der Waals surface area contributed by atoms with E-state index in [0.29, 0.717) is 16.4 Å². The fraction of sp³-hybridized carbons (Fsp3) is 0.520. The van der Waals surface area contributed by atoms with Crippen molar-refractivity contribution in [2.24, 2.45) is 0 Å². The number of nitrogens with one attached hydrogen (secondary N) is 1. The highest BCUT2D eigenvalue weighted by atomic mass is 32.2. The summed E-state index contributed by atoms with van der Waals surface area (Å²) in [5, 5.41) is 3.84. The van der Waals surface area contributed by atoms with Crippen LogP contribution in [0.25, 0.3) is 0 Å². The van der Waals surface area contributed by atoms with Gasteiger partial charge in [-0.2, -0.15) is 0 Å². The Bertz CT molecular complexity index is 965. The quantitative estimate of drug-likeness (QED) is 0.568. The maximum absolute atomic E-state index is 13.7. The van der Waals surface area contributed by atoms with E-state index >= 15 is 0 Å². The standard InChI is InChI=1S/C25H35NO4S/c1-5-7-14-25(15-8-6-2)18-31(27,28)23-17-22(30-4)21(29-3)16-20(23)24(26-25)19-12-10-9-11-13-19/h9-13,16-17,24,26H,5-8,14-15,18H2,1-4H3/t24-/m1/s1. The predicted octanol–water partition coefficient (Wildman–Crippen LogP) is 5.29. The molecule has 0 aromatic heterocycles. The summed E-state index contributed by atoms with van der Waals surface area (Å²) in [5.41, 5.74) is 1.29. The minimum Gasteiger partial charge on any atom is -0.493 e. The van der Waals surface area contributed by atoms with Crippen molar-refractivity contribution in [1.82, 2.24) is 5.32 Å². The monoisotopic (exact) mass is 445 g/mol. The van der Waals surface area contributed by atoms with Crippen molar-refractivity contribution < 1.29 is 17.9 Å². The molecule has 6 heteroatoms. The summed E-state index contributed by atoms with van der Waals surface area (Å²) >= 11 is 0. The lowest BCUT2D eigenvalue weighted by atomic mass is 9.86. The summed E-state index contributed by atoms with van der Waals surface area (Å²) in [6, 6.07) is 13.3. The van der Waals surface area contributed by atoms with Gasteiger partial charge in [0.1, 0.15) is 0 Å². The van der Waals surface area contributed by atoms with Gasteiger partial charge in [-0.05, 0) is 30.0 Å². The molecule has 1 aliphatic heterocycles. The Morgan fingerprint density at radius 1 is 0.968 bits per heavy atom. The van der Waals surface area contributed by atoms with E-state index in [0.717, 1.165) is 49.7 Å². The molecule has 31 heavy (non-hydrogen) atoms. The summed E-state index contributed by atoms with van der Waals surface area (Å²) in [5.74, 6) is 1.06. The fourth-order valence-electron chi connectivity index (χ4n) is 4.59. The third-order valence-corrected chi connectivity index (χ3v) is 8.19. The lowest BCUT2D eigenvalue weighted by molar-refractivity contribution is 0.278. The van der Waals surface area contributed by atoms with E-state index in [-0.39, 0.29) is 11.8 Å². The van der Waals surface area contributed by atoms with Gasteiger partial charge in [-0.3, -0.25) is 5.32 Å². The van der Waals surface area contributed by atoms with E-state index in [1.54, 1.807) is 13.2 Å². The molecular weight excluding hydrogens is 410 g/mol. The third-order valence-electron chi connectivity index (χ3n) is 6.23. The molecule has 1 N–H and O–H groups in total. The van der Waals surface area contributed by atoms with Gasteiger partial charge in [0.15, 0.2) is 21.3 Å². The average Bonchev–Trinajstić information content (AvgIpc) is 2.88. The fourth-order valence-corrected chi connectivity index (χ4v) is 6.67. The zero-order valence-corrected chi connectivity index (χ0v) is 19.9. The second-order valence-corrected chi connectivity index (χ2v) is 10.4. The summed E-state index contributed by atoms with van der Waals surface area (Å²) in [7, 11) is -0.432. The molecule has 170 valence electrons. The molecular formula is C25H35NO4S. The predicted molar refractivity (Wildman–Crippen MR) is 125 cm³/mol. The number of ether oxygens (including phenoxy) is 2. The number of hydrogen-bond acceptors (Lipinski definition) is 5. The van der Waals surface area contributed by atoms with Crippen LogP contribution < -0.4 is 14.8 Å². The first-order valence-corrected chi connectivity index (χ1v) is 12.9. The maximum atomic E-state index is 13.7. The molecule has 0 amide bonds. The molecule has 0 saturated heterocycles. The Kier molecular flexibility index (Phi) is 7.65. The van der Waals surface area contributed by atoms with E-state index in [9.17, 15) is 8.42 Å². The average molecular weight is 446 g/mol. The molecule has 0 radical (unpaired) electrons. The molecule has 0 spiro atoms. The zero-order chi connectivity index (χ0) is 22.5. The molecule has 0 bridgehead atoms. The van der Waals surface area contributed by atoms with Crippen LogP contribution in [0.3, 0.4) is 0 Å². The number of methoxy groups -OCH3 is 2. The highest BCUT2D eigenvalue weighted by Gasteiger charge is 2.43. The summed E-state index contributed by atoms with van der Waals surface area (Å²) in [6.45, 7) is 4.30. The second-order valence-electron chi connectivity index (χ2n) is 8.48. The van der Waals surface area contributed by atoms with E-state index < -0.39 is 15.4 Å². The molecule has 3 rings (SSSR count). The van der Waals surface area contributed by atoms with E-state index in [1.165, 1.54) is 7.11 Å². The number of unbranched alkanes of at least 4 members (excludes halogenated alkanes) is 2. The largest absolute Gasteiger partial charge is 0.493 e. The molecule has 1 heterocycles. The van der Waals surface area contributed by atoms with Gasteiger partial charge in [-0.15, -0.1) is 0 Å². The van der Waals surface area contributed by atoms with Crippen LogP contribution in [0.5, 0.6) is 11.5 Å². The highest BCUT2D eigenvalue weighted by molar-refractivity contribution is 7.91. The number of fused-ring (bicyclic) bond motifs is 1. The molecule has 1 aliphatic rings. The van der Waals surface area contributed by atoms with Crippen LogP contribution >= 0.6 is 0 Å². The van der Waals surface area contributed by atoms with Crippen LogP contribution in [-0.4, -0.2) is 33.9 Å². The van der Waals surface area contributed by atoms with Crippen molar-refractivity contribution in [3.8, 4) is 11.5 Å². The minimum absolute atomic E-state index is 0.0891. The van der Waals surface area contributed by atoms with Crippen molar-refractivity contribution in [3.63, 3.8) is 0 Å². The van der Waals surface area contributed by atoms with Gasteiger partial charge in [-0.25, -0.2) is 8.42 Å². The van der Waals surface area contributed by atoms with Gasteiger partial charge < -0.3 is 9.47 Å². The topological polar surface area (TPSA) is 64.6 Å². The van der Waals surface area contributed by atoms with Crippen LogP contribution in [0.2, 0.25) is 0 Å². The Morgan fingerprint density at radius 3 is 2.10 bits per heavy atom. The second kappa shape index (κ2) is 10.0. The number of hydrogen-bond donors (Lipinski definition) is 1. The molecule has 0 unspecified atom stereocenters. The molecule has 5 nitrogen and oxygen atoms in total. The molecule has 0 saturated carbocycles. The third kappa shape index (κ3) is 5.07. The first-order valence-electron chi connectivity index (χ1n) is 11.2. The molecule has 0 fully saturated rings. The Labute approximate surface area is 187 Å². The lowest BCUT2D eigenvalue weighted by Gasteiger charge is -2.37. The van der Waals surface area contributed by atoms with Crippen LogP contribution in [0.15, 0.2) is 47.4 Å². The molecule has 1 atom stereocenters. The van der Waals surface area contributed by atoms with Crippen LogP contribution in [0.1, 0.15) is 69.5 Å². The van der Waals surface area contributed by atoms with Crippen molar-refractivity contribution in [3.05, 3.63) is 53.6 Å². The maximum Gasteiger partial charge on any atom is 0.180 e. The molecule has 2 aromatic rings. The lowest BCUT2D eigenvalue weighted by Crippen LogP contribution is -2.50. The SMILES string of the molecule is CCCCC1(CCCC)CS(=O)(=O)c2cc(OC)c(OC)cc2[C@@H](c2ccccc2)N1. The summed E-state index contributed by atoms with van der Waals surface area (Å²) in [6.07, 6.45) is 5.68. The summed E-state index contributed by atoms with van der Waals surface area (Å²) in [4.78, 5) is 0.335. The van der Waals surface area contributed by atoms with Crippen molar-refractivity contribution in [2.75, 3.05) is 20.0 Å². The van der Waals surface area contributed by atoms with Crippen molar-refractivity contribution in [2.45, 2.75) is 68.8 Å². The van der Waals surface area contributed by atoms with Gasteiger partial charge >= 0.3 is 0 Å².